The van der Waals surface area contributed by atoms with Crippen LogP contribution < -0.4 is 4.74 Å². The van der Waals surface area contributed by atoms with Crippen LogP contribution in [0.2, 0.25) is 0 Å². The van der Waals surface area contributed by atoms with Crippen molar-refractivity contribution in [3.8, 4) is 5.75 Å². The average molecular weight is 552 g/mol. The Kier molecular flexibility index (Phi) is 7.01. The molecule has 0 aromatic heterocycles. The Morgan fingerprint density at radius 1 is 1.26 bits per heavy atom. The van der Waals surface area contributed by atoms with Crippen molar-refractivity contribution in [2.24, 2.45) is 4.99 Å². The first-order valence-corrected chi connectivity index (χ1v) is 10.8. The molecule has 1 aliphatic heterocycles. The number of cyclic esters (lactones) is 1. The molecule has 8 nitrogen and oxygen atoms in total. The van der Waals surface area contributed by atoms with Gasteiger partial charge in [0.1, 0.15) is 0 Å². The van der Waals surface area contributed by atoms with E-state index in [1.165, 1.54) is 18.2 Å². The van der Waals surface area contributed by atoms with Crippen molar-refractivity contribution in [2.75, 3.05) is 0 Å². The van der Waals surface area contributed by atoms with Gasteiger partial charge in [0.15, 0.2) is 11.4 Å². The van der Waals surface area contributed by atoms with E-state index in [0.717, 1.165) is 0 Å². The summed E-state index contributed by atoms with van der Waals surface area (Å²) in [7, 11) is 0. The molecule has 0 atom stereocenters. The highest BCUT2D eigenvalue weighted by molar-refractivity contribution is 9.11. The predicted molar refractivity (Wildman–Crippen MR) is 121 cm³/mol. The molecule has 0 saturated heterocycles. The smallest absolute Gasteiger partial charge is 0.363 e. The van der Waals surface area contributed by atoms with Crippen molar-refractivity contribution in [3.05, 3.63) is 71.8 Å². The van der Waals surface area contributed by atoms with Crippen LogP contribution in [0.1, 0.15) is 36.5 Å². The van der Waals surface area contributed by atoms with E-state index in [0.29, 0.717) is 44.2 Å². The highest BCUT2D eigenvalue weighted by atomic mass is 79.9. The standard InChI is InChI=1S/C21H16Br2N2O6/c1-3-4-18(26)30-19-14(22)8-12(9-15(19)23)10-16-21(27)31-20(24-16)13-5-6-17(25(28)29)11(2)7-13/h5-10H,3-4H2,1-2H3/b16-10-. The Hall–Kier alpha value is -2.85. The van der Waals surface area contributed by atoms with Gasteiger partial charge >= 0.3 is 11.9 Å². The zero-order chi connectivity index (χ0) is 22.7. The van der Waals surface area contributed by atoms with Gasteiger partial charge in [-0.1, -0.05) is 6.92 Å². The minimum Gasteiger partial charge on any atom is -0.424 e. The second-order valence-electron chi connectivity index (χ2n) is 6.63. The van der Waals surface area contributed by atoms with Gasteiger partial charge in [0.25, 0.3) is 5.69 Å². The van der Waals surface area contributed by atoms with Gasteiger partial charge in [-0.3, -0.25) is 14.9 Å². The fourth-order valence-electron chi connectivity index (χ4n) is 2.81. The van der Waals surface area contributed by atoms with Gasteiger partial charge in [-0.15, -0.1) is 0 Å². The lowest BCUT2D eigenvalue weighted by Gasteiger charge is -2.09. The molecule has 0 fully saturated rings. The molecule has 0 amide bonds. The van der Waals surface area contributed by atoms with E-state index in [1.807, 2.05) is 6.92 Å². The van der Waals surface area contributed by atoms with Crippen molar-refractivity contribution in [3.63, 3.8) is 0 Å². The fraction of sp³-hybridized carbons (Fsp3) is 0.190. The lowest BCUT2D eigenvalue weighted by atomic mass is 10.1. The monoisotopic (exact) mass is 550 g/mol. The van der Waals surface area contributed by atoms with E-state index in [9.17, 15) is 19.7 Å². The Labute approximate surface area is 194 Å². The maximum Gasteiger partial charge on any atom is 0.363 e. The third-order valence-electron chi connectivity index (χ3n) is 4.25. The summed E-state index contributed by atoms with van der Waals surface area (Å²) in [4.78, 5) is 38.8. The summed E-state index contributed by atoms with van der Waals surface area (Å²) in [5.74, 6) is -0.573. The number of carbonyl (C=O) groups is 2. The zero-order valence-corrected chi connectivity index (χ0v) is 19.7. The van der Waals surface area contributed by atoms with Crippen LogP contribution in [0.5, 0.6) is 5.75 Å². The number of aryl methyl sites for hydroxylation is 1. The third-order valence-corrected chi connectivity index (χ3v) is 5.43. The normalized spacial score (nSPS) is 14.4. The minimum absolute atomic E-state index is 0.0288. The molecule has 0 N–H and O–H groups in total. The maximum atomic E-state index is 12.3. The first-order valence-electron chi connectivity index (χ1n) is 9.17. The van der Waals surface area contributed by atoms with Crippen LogP contribution in [-0.4, -0.2) is 22.8 Å². The summed E-state index contributed by atoms with van der Waals surface area (Å²) in [6, 6.07) is 7.73. The zero-order valence-electron chi connectivity index (χ0n) is 16.5. The van der Waals surface area contributed by atoms with Gasteiger partial charge in [0.05, 0.1) is 13.9 Å². The number of ether oxygens (including phenoxy) is 2. The van der Waals surface area contributed by atoms with E-state index in [1.54, 1.807) is 25.1 Å². The molecule has 1 heterocycles. The Balaban J connectivity index is 1.89. The first kappa shape index (κ1) is 22.8. The van der Waals surface area contributed by atoms with Crippen molar-refractivity contribution < 1.29 is 24.0 Å². The number of aliphatic imine (C=N–C) groups is 1. The maximum absolute atomic E-state index is 12.3. The summed E-state index contributed by atoms with van der Waals surface area (Å²) in [5, 5.41) is 11.0. The van der Waals surface area contributed by atoms with E-state index in [4.69, 9.17) is 9.47 Å². The number of carbonyl (C=O) groups excluding carboxylic acids is 2. The summed E-state index contributed by atoms with van der Waals surface area (Å²) in [5.41, 5.74) is 1.55. The van der Waals surface area contributed by atoms with Crippen LogP contribution in [0, 0.1) is 17.0 Å². The molecule has 2 aromatic rings. The van der Waals surface area contributed by atoms with Gasteiger partial charge in [-0.2, -0.15) is 0 Å². The van der Waals surface area contributed by atoms with Crippen LogP contribution in [0.25, 0.3) is 6.08 Å². The van der Waals surface area contributed by atoms with Gasteiger partial charge in [-0.05, 0) is 81.1 Å². The Bertz CT molecular complexity index is 1130. The van der Waals surface area contributed by atoms with Crippen LogP contribution in [0.3, 0.4) is 0 Å². The van der Waals surface area contributed by atoms with Crippen LogP contribution in [0.15, 0.2) is 50.0 Å². The third kappa shape index (κ3) is 5.26. The molecule has 2 aromatic carbocycles. The van der Waals surface area contributed by atoms with E-state index < -0.39 is 10.9 Å². The lowest BCUT2D eigenvalue weighted by molar-refractivity contribution is -0.385. The number of nitrogens with zero attached hydrogens (tertiary/aromatic N) is 2. The molecule has 0 unspecified atom stereocenters. The molecule has 31 heavy (non-hydrogen) atoms. The van der Waals surface area contributed by atoms with Crippen molar-refractivity contribution >= 4 is 61.5 Å². The van der Waals surface area contributed by atoms with Crippen LogP contribution >= 0.6 is 31.9 Å². The number of benzene rings is 2. The topological polar surface area (TPSA) is 108 Å². The Morgan fingerprint density at radius 3 is 2.52 bits per heavy atom. The molecule has 1 aliphatic rings. The van der Waals surface area contributed by atoms with Gasteiger partial charge in [-0.25, -0.2) is 9.79 Å². The number of esters is 2. The van der Waals surface area contributed by atoms with Crippen molar-refractivity contribution in [2.45, 2.75) is 26.7 Å². The second kappa shape index (κ2) is 9.52. The molecule has 0 saturated carbocycles. The molecular formula is C21H16Br2N2O6. The Morgan fingerprint density at radius 2 is 1.94 bits per heavy atom. The SMILES string of the molecule is CCCC(=O)Oc1c(Br)cc(/C=C2\N=C(c3ccc([N+](=O)[O-])c(C)c3)OC2=O)cc1Br. The number of halogens is 2. The first-order chi connectivity index (χ1) is 14.7. The summed E-state index contributed by atoms with van der Waals surface area (Å²) in [6.07, 6.45) is 2.51. The summed E-state index contributed by atoms with van der Waals surface area (Å²) in [6.45, 7) is 3.48. The fourth-order valence-corrected chi connectivity index (χ4v) is 4.20. The predicted octanol–water partition coefficient (Wildman–Crippen LogP) is 5.48. The number of rotatable bonds is 6. The molecular weight excluding hydrogens is 536 g/mol. The summed E-state index contributed by atoms with van der Waals surface area (Å²) < 4.78 is 11.6. The van der Waals surface area contributed by atoms with Crippen molar-refractivity contribution in [1.82, 2.24) is 0 Å². The highest BCUT2D eigenvalue weighted by Gasteiger charge is 2.25. The minimum atomic E-state index is -0.642. The van der Waals surface area contributed by atoms with Crippen LogP contribution in [-0.2, 0) is 14.3 Å². The molecule has 0 aliphatic carbocycles. The molecule has 160 valence electrons. The van der Waals surface area contributed by atoms with Crippen LogP contribution in [0.4, 0.5) is 5.69 Å². The van der Waals surface area contributed by atoms with Gasteiger partial charge in [0, 0.05) is 23.6 Å². The lowest BCUT2D eigenvalue weighted by Crippen LogP contribution is -2.08. The van der Waals surface area contributed by atoms with E-state index in [2.05, 4.69) is 36.9 Å². The molecule has 0 spiro atoms. The van der Waals surface area contributed by atoms with Gasteiger partial charge in [0.2, 0.25) is 5.90 Å². The molecule has 10 heteroatoms. The summed E-state index contributed by atoms with van der Waals surface area (Å²) >= 11 is 6.75. The average Bonchev–Trinajstić information content (AvgIpc) is 3.05. The molecule has 3 rings (SSSR count). The van der Waals surface area contributed by atoms with E-state index >= 15 is 0 Å². The highest BCUT2D eigenvalue weighted by Crippen LogP contribution is 2.36. The van der Waals surface area contributed by atoms with Crippen molar-refractivity contribution in [1.29, 1.82) is 0 Å². The molecule has 0 bridgehead atoms. The number of nitro benzene ring substituents is 1. The second-order valence-corrected chi connectivity index (χ2v) is 8.34. The number of nitro groups is 1. The van der Waals surface area contributed by atoms with E-state index in [-0.39, 0.29) is 23.3 Å². The number of hydrogen-bond acceptors (Lipinski definition) is 7. The largest absolute Gasteiger partial charge is 0.424 e. The quantitative estimate of drug-likeness (QED) is 0.155. The van der Waals surface area contributed by atoms with Gasteiger partial charge < -0.3 is 9.47 Å². The molecule has 0 radical (unpaired) electrons. The number of hydrogen-bond donors (Lipinski definition) is 0.